The quantitative estimate of drug-likeness (QED) is 0.760. The Morgan fingerprint density at radius 2 is 2.27 bits per heavy atom. The van der Waals surface area contributed by atoms with E-state index in [1.165, 1.54) is 12.1 Å². The Morgan fingerprint density at radius 1 is 1.47 bits per heavy atom. The molecule has 0 unspecified atom stereocenters. The summed E-state index contributed by atoms with van der Waals surface area (Å²) in [6.45, 7) is 4.83. The first-order valence-corrected chi connectivity index (χ1v) is 5.34. The third kappa shape index (κ3) is 4.60. The van der Waals surface area contributed by atoms with Gasteiger partial charge in [0.15, 0.2) is 0 Å². The highest BCUT2D eigenvalue weighted by Crippen LogP contribution is 2.17. The summed E-state index contributed by atoms with van der Waals surface area (Å²) in [5, 5.41) is 3.56. The van der Waals surface area contributed by atoms with E-state index in [0.717, 1.165) is 18.7 Å². The van der Waals surface area contributed by atoms with Crippen molar-refractivity contribution in [3.63, 3.8) is 0 Å². The van der Waals surface area contributed by atoms with Crippen molar-refractivity contribution in [1.82, 2.24) is 5.32 Å². The van der Waals surface area contributed by atoms with E-state index >= 15 is 0 Å². The SMILES string of the molecule is CCNCCOCc1ccc(F)cc1Cl. The van der Waals surface area contributed by atoms with Crippen molar-refractivity contribution in [3.05, 3.63) is 34.6 Å². The maximum atomic E-state index is 12.7. The van der Waals surface area contributed by atoms with Crippen LogP contribution < -0.4 is 5.32 Å². The van der Waals surface area contributed by atoms with E-state index < -0.39 is 0 Å². The van der Waals surface area contributed by atoms with Gasteiger partial charge in [-0.3, -0.25) is 0 Å². The summed E-state index contributed by atoms with van der Waals surface area (Å²) in [7, 11) is 0. The van der Waals surface area contributed by atoms with E-state index in [-0.39, 0.29) is 5.82 Å². The minimum absolute atomic E-state index is 0.323. The molecule has 84 valence electrons. The van der Waals surface area contributed by atoms with Crippen LogP contribution >= 0.6 is 11.6 Å². The predicted octanol–water partition coefficient (Wildman–Crippen LogP) is 2.61. The van der Waals surface area contributed by atoms with Crippen LogP contribution in [0.4, 0.5) is 4.39 Å². The topological polar surface area (TPSA) is 21.3 Å². The second-order valence-corrected chi connectivity index (χ2v) is 3.55. The van der Waals surface area contributed by atoms with E-state index in [4.69, 9.17) is 16.3 Å². The molecule has 15 heavy (non-hydrogen) atoms. The third-order valence-corrected chi connectivity index (χ3v) is 2.30. The van der Waals surface area contributed by atoms with Crippen molar-refractivity contribution >= 4 is 11.6 Å². The first-order chi connectivity index (χ1) is 7.24. The molecule has 0 aliphatic carbocycles. The minimum atomic E-state index is -0.323. The molecule has 0 saturated heterocycles. The summed E-state index contributed by atoms with van der Waals surface area (Å²) in [6, 6.07) is 4.32. The lowest BCUT2D eigenvalue weighted by Crippen LogP contribution is -2.18. The molecule has 0 aromatic heterocycles. The van der Waals surface area contributed by atoms with Crippen molar-refractivity contribution in [3.8, 4) is 0 Å². The molecule has 1 rings (SSSR count). The van der Waals surface area contributed by atoms with Gasteiger partial charge in [0.2, 0.25) is 0 Å². The molecule has 0 bridgehead atoms. The zero-order valence-corrected chi connectivity index (χ0v) is 9.48. The molecular formula is C11H15ClFNO. The lowest BCUT2D eigenvalue weighted by Gasteiger charge is -2.06. The molecule has 4 heteroatoms. The van der Waals surface area contributed by atoms with Gasteiger partial charge in [0.1, 0.15) is 5.82 Å². The molecule has 0 spiro atoms. The molecule has 0 heterocycles. The molecule has 1 N–H and O–H groups in total. The first-order valence-electron chi connectivity index (χ1n) is 4.96. The third-order valence-electron chi connectivity index (χ3n) is 1.95. The zero-order valence-electron chi connectivity index (χ0n) is 8.72. The summed E-state index contributed by atoms with van der Waals surface area (Å²) < 4.78 is 18.1. The van der Waals surface area contributed by atoms with Gasteiger partial charge >= 0.3 is 0 Å². The normalized spacial score (nSPS) is 10.6. The minimum Gasteiger partial charge on any atom is -0.375 e. The lowest BCUT2D eigenvalue weighted by atomic mass is 10.2. The van der Waals surface area contributed by atoms with Crippen LogP contribution in [0.1, 0.15) is 12.5 Å². The smallest absolute Gasteiger partial charge is 0.124 e. The number of rotatable bonds is 6. The van der Waals surface area contributed by atoms with Crippen LogP contribution in [0, 0.1) is 5.82 Å². The number of halogens is 2. The van der Waals surface area contributed by atoms with Crippen LogP contribution in [-0.2, 0) is 11.3 Å². The summed E-state index contributed by atoms with van der Waals surface area (Å²) in [6.07, 6.45) is 0. The molecule has 0 atom stereocenters. The zero-order chi connectivity index (χ0) is 11.1. The van der Waals surface area contributed by atoms with Crippen molar-refractivity contribution in [2.24, 2.45) is 0 Å². The van der Waals surface area contributed by atoms with Crippen molar-refractivity contribution < 1.29 is 9.13 Å². The van der Waals surface area contributed by atoms with Gasteiger partial charge in [-0.25, -0.2) is 4.39 Å². The second kappa shape index (κ2) is 6.77. The highest BCUT2D eigenvalue weighted by molar-refractivity contribution is 6.31. The second-order valence-electron chi connectivity index (χ2n) is 3.14. The van der Waals surface area contributed by atoms with Gasteiger partial charge in [-0.1, -0.05) is 24.6 Å². The van der Waals surface area contributed by atoms with Crippen LogP contribution in [0.25, 0.3) is 0 Å². The standard InChI is InChI=1S/C11H15ClFNO/c1-2-14-5-6-15-8-9-3-4-10(13)7-11(9)12/h3-4,7,14H,2,5-6,8H2,1H3. The van der Waals surface area contributed by atoms with Gasteiger partial charge in [-0.05, 0) is 24.2 Å². The Hall–Kier alpha value is -0.640. The maximum Gasteiger partial charge on any atom is 0.124 e. The highest BCUT2D eigenvalue weighted by atomic mass is 35.5. The summed E-state index contributed by atoms with van der Waals surface area (Å²) in [4.78, 5) is 0. The molecule has 1 aromatic carbocycles. The van der Waals surface area contributed by atoms with Crippen LogP contribution in [0.2, 0.25) is 5.02 Å². The van der Waals surface area contributed by atoms with E-state index in [1.54, 1.807) is 6.07 Å². The van der Waals surface area contributed by atoms with Crippen LogP contribution in [0.15, 0.2) is 18.2 Å². The average Bonchev–Trinajstić information content (AvgIpc) is 2.20. The van der Waals surface area contributed by atoms with Gasteiger partial charge in [0, 0.05) is 11.6 Å². The van der Waals surface area contributed by atoms with Gasteiger partial charge in [-0.15, -0.1) is 0 Å². The Balaban J connectivity index is 2.31. The Kier molecular flexibility index (Phi) is 5.61. The molecule has 2 nitrogen and oxygen atoms in total. The Morgan fingerprint density at radius 3 is 2.93 bits per heavy atom. The van der Waals surface area contributed by atoms with Crippen LogP contribution in [0.3, 0.4) is 0 Å². The molecule has 0 radical (unpaired) electrons. The molecule has 0 fully saturated rings. The number of ether oxygens (including phenoxy) is 1. The van der Waals surface area contributed by atoms with E-state index in [9.17, 15) is 4.39 Å². The van der Waals surface area contributed by atoms with Crippen molar-refractivity contribution in [2.75, 3.05) is 19.7 Å². The molecule has 0 aliphatic rings. The molecule has 0 aliphatic heterocycles. The lowest BCUT2D eigenvalue weighted by molar-refractivity contribution is 0.123. The van der Waals surface area contributed by atoms with Gasteiger partial charge in [0.25, 0.3) is 0 Å². The number of benzene rings is 1. The Bertz CT molecular complexity index is 307. The number of hydrogen-bond acceptors (Lipinski definition) is 2. The van der Waals surface area contributed by atoms with Crippen LogP contribution in [-0.4, -0.2) is 19.7 Å². The highest BCUT2D eigenvalue weighted by Gasteiger charge is 2.01. The fraction of sp³-hybridized carbons (Fsp3) is 0.455. The fourth-order valence-electron chi connectivity index (χ4n) is 1.14. The van der Waals surface area contributed by atoms with Crippen molar-refractivity contribution in [1.29, 1.82) is 0 Å². The first kappa shape index (κ1) is 12.4. The monoisotopic (exact) mass is 231 g/mol. The largest absolute Gasteiger partial charge is 0.375 e. The molecule has 1 aromatic rings. The maximum absolute atomic E-state index is 12.7. The van der Waals surface area contributed by atoms with Crippen molar-refractivity contribution in [2.45, 2.75) is 13.5 Å². The van der Waals surface area contributed by atoms with E-state index in [1.807, 2.05) is 6.92 Å². The summed E-state index contributed by atoms with van der Waals surface area (Å²) in [5.41, 5.74) is 0.814. The van der Waals surface area contributed by atoms with Gasteiger partial charge in [0.05, 0.1) is 13.2 Å². The number of likely N-dealkylation sites (N-methyl/N-ethyl adjacent to an activating group) is 1. The van der Waals surface area contributed by atoms with Gasteiger partial charge < -0.3 is 10.1 Å². The van der Waals surface area contributed by atoms with Gasteiger partial charge in [-0.2, -0.15) is 0 Å². The van der Waals surface area contributed by atoms with Crippen LogP contribution in [0.5, 0.6) is 0 Å². The summed E-state index contributed by atoms with van der Waals surface area (Å²) >= 11 is 5.83. The average molecular weight is 232 g/mol. The Labute approximate surface area is 94.4 Å². The van der Waals surface area contributed by atoms with E-state index in [0.29, 0.717) is 18.2 Å². The molecule has 0 amide bonds. The summed E-state index contributed by atoms with van der Waals surface area (Å²) in [5.74, 6) is -0.323. The predicted molar refractivity (Wildman–Crippen MR) is 59.6 cm³/mol. The van der Waals surface area contributed by atoms with E-state index in [2.05, 4.69) is 5.32 Å². The number of hydrogen-bond donors (Lipinski definition) is 1. The fourth-order valence-corrected chi connectivity index (χ4v) is 1.36. The molecule has 0 saturated carbocycles. The molecular weight excluding hydrogens is 217 g/mol. The number of nitrogens with one attached hydrogen (secondary N) is 1.